The SMILES string of the molecule is CC(=O)N1CCc2cc(S(=O)(=O)NCCC(=O)NCCc3ccc(S(N)(=O)=O)cc3)ccc21. The van der Waals surface area contributed by atoms with E-state index in [4.69, 9.17) is 5.14 Å². The fourth-order valence-electron chi connectivity index (χ4n) is 3.54. The van der Waals surface area contributed by atoms with Crippen LogP contribution in [0.2, 0.25) is 0 Å². The van der Waals surface area contributed by atoms with Crippen molar-refractivity contribution in [3.63, 3.8) is 0 Å². The molecule has 0 saturated carbocycles. The van der Waals surface area contributed by atoms with Crippen molar-refractivity contribution in [1.82, 2.24) is 10.0 Å². The number of hydrogen-bond donors (Lipinski definition) is 3. The highest BCUT2D eigenvalue weighted by molar-refractivity contribution is 7.89. The Hall–Kier alpha value is -2.80. The van der Waals surface area contributed by atoms with E-state index in [2.05, 4.69) is 10.0 Å². The molecule has 0 bridgehead atoms. The smallest absolute Gasteiger partial charge is 0.240 e. The summed E-state index contributed by atoms with van der Waals surface area (Å²) in [4.78, 5) is 25.4. The standard InChI is InChI=1S/C21H26N4O6S2/c1-15(26)25-13-10-17-14-19(6-7-20(17)25)33(30,31)24-12-9-21(27)23-11-8-16-2-4-18(5-3-16)32(22,28)29/h2-7,14,24H,8-13H2,1H3,(H,23,27)(H2,22,28,29). The number of nitrogens with two attached hydrogens (primary N) is 1. The van der Waals surface area contributed by atoms with Crippen molar-refractivity contribution < 1.29 is 26.4 Å². The van der Waals surface area contributed by atoms with E-state index in [1.54, 1.807) is 29.2 Å². The Labute approximate surface area is 193 Å². The minimum Gasteiger partial charge on any atom is -0.356 e. The highest BCUT2D eigenvalue weighted by atomic mass is 32.2. The zero-order valence-electron chi connectivity index (χ0n) is 18.1. The lowest BCUT2D eigenvalue weighted by molar-refractivity contribution is -0.121. The first-order valence-electron chi connectivity index (χ1n) is 10.3. The van der Waals surface area contributed by atoms with Gasteiger partial charge in [-0.1, -0.05) is 12.1 Å². The van der Waals surface area contributed by atoms with Crippen molar-refractivity contribution in [1.29, 1.82) is 0 Å². The van der Waals surface area contributed by atoms with Gasteiger partial charge in [-0.05, 0) is 54.3 Å². The van der Waals surface area contributed by atoms with Crippen LogP contribution < -0.4 is 20.1 Å². The number of primary sulfonamides is 1. The van der Waals surface area contributed by atoms with E-state index in [1.807, 2.05) is 0 Å². The predicted octanol–water partition coefficient (Wildman–Crippen LogP) is 0.270. The maximum absolute atomic E-state index is 12.6. The summed E-state index contributed by atoms with van der Waals surface area (Å²) in [6.07, 6.45) is 1.03. The molecule has 1 heterocycles. The Morgan fingerprint density at radius 2 is 1.67 bits per heavy atom. The average molecular weight is 495 g/mol. The Bertz CT molecular complexity index is 1260. The zero-order valence-corrected chi connectivity index (χ0v) is 19.7. The van der Waals surface area contributed by atoms with Gasteiger partial charge in [0.1, 0.15) is 0 Å². The van der Waals surface area contributed by atoms with Crippen LogP contribution in [0.25, 0.3) is 0 Å². The van der Waals surface area contributed by atoms with Crippen molar-refractivity contribution in [2.45, 2.75) is 36.0 Å². The van der Waals surface area contributed by atoms with Crippen LogP contribution in [-0.2, 0) is 42.5 Å². The van der Waals surface area contributed by atoms with Gasteiger partial charge >= 0.3 is 0 Å². The summed E-state index contributed by atoms with van der Waals surface area (Å²) in [6.45, 7) is 2.25. The number of rotatable bonds is 9. The monoisotopic (exact) mass is 494 g/mol. The lowest BCUT2D eigenvalue weighted by atomic mass is 10.1. The van der Waals surface area contributed by atoms with E-state index in [9.17, 15) is 26.4 Å². The van der Waals surface area contributed by atoms with Crippen LogP contribution in [0, 0.1) is 0 Å². The number of hydrogen-bond acceptors (Lipinski definition) is 6. The van der Waals surface area contributed by atoms with Crippen LogP contribution in [0.5, 0.6) is 0 Å². The van der Waals surface area contributed by atoms with Gasteiger partial charge in [0.05, 0.1) is 9.79 Å². The topological polar surface area (TPSA) is 156 Å². The summed E-state index contributed by atoms with van der Waals surface area (Å²) < 4.78 is 50.0. The number of fused-ring (bicyclic) bond motifs is 1. The molecular weight excluding hydrogens is 468 g/mol. The Balaban J connectivity index is 1.45. The summed E-state index contributed by atoms with van der Waals surface area (Å²) in [5.41, 5.74) is 2.34. The van der Waals surface area contributed by atoms with Gasteiger partial charge in [-0.15, -0.1) is 0 Å². The van der Waals surface area contributed by atoms with Gasteiger partial charge in [0.2, 0.25) is 31.9 Å². The molecule has 0 saturated heterocycles. The minimum atomic E-state index is -3.79. The first-order valence-corrected chi connectivity index (χ1v) is 13.3. The number of carbonyl (C=O) groups is 2. The van der Waals surface area contributed by atoms with Crippen molar-refractivity contribution in [2.75, 3.05) is 24.5 Å². The van der Waals surface area contributed by atoms with E-state index >= 15 is 0 Å². The highest BCUT2D eigenvalue weighted by Crippen LogP contribution is 2.30. The van der Waals surface area contributed by atoms with Crippen molar-refractivity contribution >= 4 is 37.5 Å². The molecule has 4 N–H and O–H groups in total. The third-order valence-electron chi connectivity index (χ3n) is 5.27. The normalized spacial score (nSPS) is 13.6. The number of carbonyl (C=O) groups excluding carboxylic acids is 2. The maximum atomic E-state index is 12.6. The maximum Gasteiger partial charge on any atom is 0.240 e. The van der Waals surface area contributed by atoms with Gasteiger partial charge in [-0.3, -0.25) is 9.59 Å². The molecule has 3 rings (SSSR count). The molecular formula is C21H26N4O6S2. The van der Waals surface area contributed by atoms with E-state index in [0.717, 1.165) is 16.8 Å². The second-order valence-electron chi connectivity index (χ2n) is 7.65. The van der Waals surface area contributed by atoms with Crippen molar-refractivity contribution in [3.8, 4) is 0 Å². The summed E-state index contributed by atoms with van der Waals surface area (Å²) in [5.74, 6) is -0.404. The van der Waals surface area contributed by atoms with E-state index in [0.29, 0.717) is 25.9 Å². The molecule has 33 heavy (non-hydrogen) atoms. The molecule has 0 unspecified atom stereocenters. The van der Waals surface area contributed by atoms with Crippen LogP contribution in [0.4, 0.5) is 5.69 Å². The lowest BCUT2D eigenvalue weighted by Gasteiger charge is -2.15. The van der Waals surface area contributed by atoms with Gasteiger partial charge in [0, 0.05) is 38.7 Å². The van der Waals surface area contributed by atoms with E-state index < -0.39 is 20.0 Å². The van der Waals surface area contributed by atoms with Crippen LogP contribution in [0.1, 0.15) is 24.5 Å². The first-order chi connectivity index (χ1) is 15.5. The van der Waals surface area contributed by atoms with E-state index in [1.165, 1.54) is 25.1 Å². The molecule has 2 aromatic rings. The van der Waals surface area contributed by atoms with Crippen LogP contribution in [0.15, 0.2) is 52.3 Å². The third-order valence-corrected chi connectivity index (χ3v) is 7.66. The van der Waals surface area contributed by atoms with Crippen molar-refractivity contribution in [3.05, 3.63) is 53.6 Å². The second kappa shape index (κ2) is 10.00. The van der Waals surface area contributed by atoms with Gasteiger partial charge in [0.15, 0.2) is 0 Å². The van der Waals surface area contributed by atoms with Crippen LogP contribution >= 0.6 is 0 Å². The molecule has 0 radical (unpaired) electrons. The van der Waals surface area contributed by atoms with E-state index in [-0.39, 0.29) is 34.6 Å². The molecule has 0 fully saturated rings. The number of amides is 2. The molecule has 0 aromatic heterocycles. The Morgan fingerprint density at radius 1 is 1.00 bits per heavy atom. The molecule has 0 aliphatic carbocycles. The second-order valence-corrected chi connectivity index (χ2v) is 11.0. The molecule has 2 amide bonds. The molecule has 178 valence electrons. The Morgan fingerprint density at radius 3 is 2.30 bits per heavy atom. The summed E-state index contributed by atoms with van der Waals surface area (Å²) in [7, 11) is -7.53. The van der Waals surface area contributed by atoms with Gasteiger partial charge in [0.25, 0.3) is 0 Å². The van der Waals surface area contributed by atoms with Crippen LogP contribution in [0.3, 0.4) is 0 Å². The van der Waals surface area contributed by atoms with Gasteiger partial charge < -0.3 is 10.2 Å². The number of sulfonamides is 2. The third kappa shape index (κ3) is 6.38. The lowest BCUT2D eigenvalue weighted by Crippen LogP contribution is -2.31. The molecule has 0 spiro atoms. The predicted molar refractivity (Wildman–Crippen MR) is 123 cm³/mol. The molecule has 12 heteroatoms. The van der Waals surface area contributed by atoms with Gasteiger partial charge in [-0.25, -0.2) is 26.7 Å². The molecule has 1 aliphatic rings. The summed E-state index contributed by atoms with van der Waals surface area (Å²) in [6, 6.07) is 10.7. The fraction of sp³-hybridized carbons (Fsp3) is 0.333. The molecule has 10 nitrogen and oxygen atoms in total. The highest BCUT2D eigenvalue weighted by Gasteiger charge is 2.24. The number of benzene rings is 2. The average Bonchev–Trinajstić information content (AvgIpc) is 3.17. The minimum absolute atomic E-state index is 0.0159. The largest absolute Gasteiger partial charge is 0.356 e. The first kappa shape index (κ1) is 24.8. The number of nitrogens with zero attached hydrogens (tertiary/aromatic N) is 1. The van der Waals surface area contributed by atoms with Crippen LogP contribution in [-0.4, -0.2) is 48.3 Å². The summed E-state index contributed by atoms with van der Waals surface area (Å²) >= 11 is 0. The Kier molecular flexibility index (Phi) is 7.52. The zero-order chi connectivity index (χ0) is 24.2. The van der Waals surface area contributed by atoms with Gasteiger partial charge in [-0.2, -0.15) is 0 Å². The molecule has 0 atom stereocenters. The fourth-order valence-corrected chi connectivity index (χ4v) is 5.13. The molecule has 1 aliphatic heterocycles. The van der Waals surface area contributed by atoms with Crippen molar-refractivity contribution in [2.24, 2.45) is 5.14 Å². The molecule has 2 aromatic carbocycles. The summed E-state index contributed by atoms with van der Waals surface area (Å²) in [5, 5.41) is 7.75. The number of nitrogens with one attached hydrogen (secondary N) is 2. The quantitative estimate of drug-likeness (QED) is 0.454. The number of anilines is 1.